The maximum Gasteiger partial charge on any atom is 0.307 e. The fourth-order valence-corrected chi connectivity index (χ4v) is 2.53. The highest BCUT2D eigenvalue weighted by molar-refractivity contribution is 5.87. The highest BCUT2D eigenvalue weighted by Gasteiger charge is 2.32. The topological polar surface area (TPSA) is 58.6 Å². The number of nitrogens with one attached hydrogen (secondary N) is 1. The van der Waals surface area contributed by atoms with Crippen LogP contribution in [0.3, 0.4) is 0 Å². The number of piperazine rings is 1. The summed E-state index contributed by atoms with van der Waals surface area (Å²) in [4.78, 5) is 26.0. The molecule has 1 aliphatic rings. The number of hydrogen-bond acceptors (Lipinski definition) is 4. The average Bonchev–Trinajstić information content (AvgIpc) is 2.51. The largest absolute Gasteiger partial charge is 0.466 e. The van der Waals surface area contributed by atoms with Gasteiger partial charge < -0.3 is 10.1 Å². The first-order valence-corrected chi connectivity index (χ1v) is 7.83. The molecular formula is C17H24N2O3. The maximum absolute atomic E-state index is 12.1. The van der Waals surface area contributed by atoms with Crippen LogP contribution < -0.4 is 5.32 Å². The molecule has 1 N–H and O–H groups in total. The monoisotopic (exact) mass is 304 g/mol. The van der Waals surface area contributed by atoms with Gasteiger partial charge in [0, 0.05) is 19.6 Å². The van der Waals surface area contributed by atoms with Gasteiger partial charge in [-0.15, -0.1) is 0 Å². The average molecular weight is 304 g/mol. The molecule has 1 atom stereocenters. The van der Waals surface area contributed by atoms with E-state index in [-0.39, 0.29) is 18.3 Å². The fraction of sp³-hybridized carbons (Fsp3) is 0.529. The summed E-state index contributed by atoms with van der Waals surface area (Å²) in [5.74, 6) is -0.399. The van der Waals surface area contributed by atoms with Crippen LogP contribution in [0.2, 0.25) is 0 Å². The van der Waals surface area contributed by atoms with Crippen molar-refractivity contribution < 1.29 is 14.3 Å². The van der Waals surface area contributed by atoms with Gasteiger partial charge in [-0.25, -0.2) is 0 Å². The predicted octanol–water partition coefficient (Wildman–Crippen LogP) is 1.64. The lowest BCUT2D eigenvalue weighted by atomic mass is 10.1. The highest BCUT2D eigenvalue weighted by atomic mass is 16.5. The number of hydrogen-bond donors (Lipinski definition) is 1. The van der Waals surface area contributed by atoms with E-state index in [1.165, 1.54) is 5.56 Å². The van der Waals surface area contributed by atoms with Crippen molar-refractivity contribution in [3.8, 4) is 0 Å². The Hall–Kier alpha value is -1.88. The summed E-state index contributed by atoms with van der Waals surface area (Å²) in [5.41, 5.74) is 2.35. The van der Waals surface area contributed by atoms with Crippen LogP contribution in [0, 0.1) is 6.92 Å². The summed E-state index contributed by atoms with van der Waals surface area (Å²) in [6, 6.07) is 7.80. The molecule has 1 unspecified atom stereocenters. The molecule has 5 nitrogen and oxygen atoms in total. The molecule has 0 aliphatic carbocycles. The summed E-state index contributed by atoms with van der Waals surface area (Å²) in [7, 11) is 0. The van der Waals surface area contributed by atoms with E-state index in [4.69, 9.17) is 4.74 Å². The number of amides is 1. The van der Waals surface area contributed by atoms with Gasteiger partial charge in [-0.05, 0) is 18.9 Å². The van der Waals surface area contributed by atoms with Crippen LogP contribution in [0.4, 0.5) is 0 Å². The molecule has 0 saturated carbocycles. The van der Waals surface area contributed by atoms with Crippen molar-refractivity contribution in [2.45, 2.75) is 39.3 Å². The molecule has 1 saturated heterocycles. The number of aryl methyl sites for hydroxylation is 1. The van der Waals surface area contributed by atoms with E-state index in [2.05, 4.69) is 34.5 Å². The SMILES string of the molecule is CCCOC(=O)CC1C(=O)NCCN1Cc1ccc(C)cc1. The number of carbonyl (C=O) groups is 2. The van der Waals surface area contributed by atoms with Gasteiger partial charge in [0.25, 0.3) is 0 Å². The number of esters is 1. The summed E-state index contributed by atoms with van der Waals surface area (Å²) in [5, 5.41) is 2.83. The third-order valence-electron chi connectivity index (χ3n) is 3.78. The van der Waals surface area contributed by atoms with E-state index in [1.807, 2.05) is 13.8 Å². The smallest absolute Gasteiger partial charge is 0.307 e. The molecule has 1 heterocycles. The summed E-state index contributed by atoms with van der Waals surface area (Å²) in [6.45, 7) is 6.43. The van der Waals surface area contributed by atoms with Crippen LogP contribution in [0.1, 0.15) is 30.9 Å². The van der Waals surface area contributed by atoms with Gasteiger partial charge in [-0.2, -0.15) is 0 Å². The lowest BCUT2D eigenvalue weighted by Gasteiger charge is -2.34. The van der Waals surface area contributed by atoms with E-state index in [0.29, 0.717) is 19.7 Å². The lowest BCUT2D eigenvalue weighted by molar-refractivity contribution is -0.148. The van der Waals surface area contributed by atoms with Crippen molar-refractivity contribution in [2.75, 3.05) is 19.7 Å². The zero-order valence-corrected chi connectivity index (χ0v) is 13.3. The van der Waals surface area contributed by atoms with Gasteiger partial charge in [-0.3, -0.25) is 14.5 Å². The van der Waals surface area contributed by atoms with Crippen LogP contribution in [-0.2, 0) is 20.9 Å². The second kappa shape index (κ2) is 7.94. The van der Waals surface area contributed by atoms with Crippen molar-refractivity contribution in [1.29, 1.82) is 0 Å². The molecule has 5 heteroatoms. The van der Waals surface area contributed by atoms with E-state index in [9.17, 15) is 9.59 Å². The Balaban J connectivity index is 2.01. The molecule has 1 amide bonds. The third-order valence-corrected chi connectivity index (χ3v) is 3.78. The highest BCUT2D eigenvalue weighted by Crippen LogP contribution is 2.15. The number of nitrogens with zero attached hydrogens (tertiary/aromatic N) is 1. The molecule has 1 aromatic carbocycles. The molecule has 0 bridgehead atoms. The van der Waals surface area contributed by atoms with Gasteiger partial charge in [0.1, 0.15) is 6.04 Å². The molecule has 22 heavy (non-hydrogen) atoms. The molecule has 1 aliphatic heterocycles. The van der Waals surface area contributed by atoms with E-state index < -0.39 is 6.04 Å². The van der Waals surface area contributed by atoms with Crippen LogP contribution in [-0.4, -0.2) is 42.5 Å². The van der Waals surface area contributed by atoms with Crippen molar-refractivity contribution >= 4 is 11.9 Å². The van der Waals surface area contributed by atoms with Crippen LogP contribution in [0.5, 0.6) is 0 Å². The standard InChI is InChI=1S/C17H24N2O3/c1-3-10-22-16(20)11-15-17(21)18-8-9-19(15)12-14-6-4-13(2)5-7-14/h4-7,15H,3,8-12H2,1-2H3,(H,18,21). The first kappa shape index (κ1) is 16.5. The Morgan fingerprint density at radius 1 is 1.36 bits per heavy atom. The molecule has 0 aromatic heterocycles. The fourth-order valence-electron chi connectivity index (χ4n) is 2.53. The van der Waals surface area contributed by atoms with Crippen LogP contribution in [0.15, 0.2) is 24.3 Å². The minimum atomic E-state index is -0.445. The van der Waals surface area contributed by atoms with Crippen LogP contribution >= 0.6 is 0 Å². The molecule has 1 fully saturated rings. The zero-order chi connectivity index (χ0) is 15.9. The molecule has 0 radical (unpaired) electrons. The van der Waals surface area contributed by atoms with Gasteiger partial charge >= 0.3 is 5.97 Å². The molecular weight excluding hydrogens is 280 g/mol. The first-order chi connectivity index (χ1) is 10.6. The Kier molecular flexibility index (Phi) is 5.95. The number of ether oxygens (including phenoxy) is 1. The van der Waals surface area contributed by atoms with Crippen LogP contribution in [0.25, 0.3) is 0 Å². The van der Waals surface area contributed by atoms with E-state index in [0.717, 1.165) is 18.5 Å². The van der Waals surface area contributed by atoms with E-state index in [1.54, 1.807) is 0 Å². The summed E-state index contributed by atoms with van der Waals surface area (Å²) >= 11 is 0. The van der Waals surface area contributed by atoms with Gasteiger partial charge in [0.2, 0.25) is 5.91 Å². The quantitative estimate of drug-likeness (QED) is 0.812. The Morgan fingerprint density at radius 3 is 2.77 bits per heavy atom. The normalized spacial score (nSPS) is 18.8. The Morgan fingerprint density at radius 2 is 2.09 bits per heavy atom. The van der Waals surface area contributed by atoms with Gasteiger partial charge in [0.05, 0.1) is 13.0 Å². The Bertz CT molecular complexity index is 513. The van der Waals surface area contributed by atoms with Crippen molar-refractivity contribution in [2.24, 2.45) is 0 Å². The number of benzene rings is 1. The van der Waals surface area contributed by atoms with Gasteiger partial charge in [0.15, 0.2) is 0 Å². The molecule has 1 aromatic rings. The summed E-state index contributed by atoms with van der Waals surface area (Å²) in [6.07, 6.45) is 0.896. The van der Waals surface area contributed by atoms with Crippen molar-refractivity contribution in [1.82, 2.24) is 10.2 Å². The summed E-state index contributed by atoms with van der Waals surface area (Å²) < 4.78 is 5.11. The second-order valence-electron chi connectivity index (χ2n) is 5.69. The maximum atomic E-state index is 12.1. The third kappa shape index (κ3) is 4.56. The first-order valence-electron chi connectivity index (χ1n) is 7.83. The molecule has 0 spiro atoms. The van der Waals surface area contributed by atoms with Gasteiger partial charge in [-0.1, -0.05) is 36.8 Å². The lowest BCUT2D eigenvalue weighted by Crippen LogP contribution is -2.55. The molecule has 120 valence electrons. The number of rotatable bonds is 6. The predicted molar refractivity (Wildman–Crippen MR) is 84.3 cm³/mol. The minimum absolute atomic E-state index is 0.0909. The van der Waals surface area contributed by atoms with E-state index >= 15 is 0 Å². The Labute approximate surface area is 131 Å². The molecule has 2 rings (SSSR count). The zero-order valence-electron chi connectivity index (χ0n) is 13.3. The minimum Gasteiger partial charge on any atom is -0.466 e. The van der Waals surface area contributed by atoms with Crippen molar-refractivity contribution in [3.63, 3.8) is 0 Å². The number of carbonyl (C=O) groups excluding carboxylic acids is 2. The van der Waals surface area contributed by atoms with Crippen molar-refractivity contribution in [3.05, 3.63) is 35.4 Å². The second-order valence-corrected chi connectivity index (χ2v) is 5.69.